The second kappa shape index (κ2) is 6.91. The average Bonchev–Trinajstić information content (AvgIpc) is 3.32. The Hall–Kier alpha value is -3.27. The summed E-state index contributed by atoms with van der Waals surface area (Å²) in [5.41, 5.74) is 3.57. The van der Waals surface area contributed by atoms with E-state index in [2.05, 4.69) is 9.98 Å². The third kappa shape index (κ3) is 3.04. The number of aliphatic imine (C=N–C) groups is 1. The van der Waals surface area contributed by atoms with Crippen molar-refractivity contribution in [1.82, 2.24) is 9.88 Å². The van der Waals surface area contributed by atoms with Crippen molar-refractivity contribution in [2.45, 2.75) is 11.7 Å². The second-order valence-corrected chi connectivity index (χ2v) is 7.46. The van der Waals surface area contributed by atoms with Crippen LogP contribution in [0.5, 0.6) is 0 Å². The highest BCUT2D eigenvalue weighted by molar-refractivity contribution is 7.08. The quantitative estimate of drug-likeness (QED) is 0.634. The van der Waals surface area contributed by atoms with Crippen LogP contribution < -0.4 is 5.73 Å². The number of aromatic nitrogens is 1. The molecule has 5 nitrogen and oxygen atoms in total. The SMILES string of the molecule is CN1C(=O)C(c2ccc(F)c(-c3ccsc3)c2)(c2cc(C(F)(F)F)ccn2)N=C1N. The Bertz CT molecular complexity index is 1160. The minimum absolute atomic E-state index is 0.161. The van der Waals surface area contributed by atoms with Crippen LogP contribution in [0.25, 0.3) is 11.1 Å². The summed E-state index contributed by atoms with van der Waals surface area (Å²) < 4.78 is 54.4. The number of benzene rings is 1. The van der Waals surface area contributed by atoms with Gasteiger partial charge in [0, 0.05) is 18.8 Å². The number of rotatable bonds is 3. The van der Waals surface area contributed by atoms with Crippen LogP contribution in [0.15, 0.2) is 58.3 Å². The molecular formula is C20H14F4N4OS. The minimum atomic E-state index is -4.65. The third-order valence-corrected chi connectivity index (χ3v) is 5.60. The predicted octanol–water partition coefficient (Wildman–Crippen LogP) is 4.00. The molecule has 0 bridgehead atoms. The molecule has 0 radical (unpaired) electrons. The van der Waals surface area contributed by atoms with Crippen molar-refractivity contribution in [1.29, 1.82) is 0 Å². The van der Waals surface area contributed by atoms with Crippen LogP contribution in [-0.2, 0) is 16.5 Å². The maximum atomic E-state index is 14.5. The van der Waals surface area contributed by atoms with E-state index in [9.17, 15) is 22.4 Å². The first kappa shape index (κ1) is 20.0. The van der Waals surface area contributed by atoms with Crippen LogP contribution in [0.4, 0.5) is 17.6 Å². The molecule has 1 atom stereocenters. The van der Waals surface area contributed by atoms with Crippen molar-refractivity contribution < 1.29 is 22.4 Å². The molecule has 30 heavy (non-hydrogen) atoms. The molecule has 0 saturated heterocycles. The molecular weight excluding hydrogens is 420 g/mol. The zero-order chi connectivity index (χ0) is 21.7. The molecule has 0 saturated carbocycles. The van der Waals surface area contributed by atoms with E-state index in [1.807, 2.05) is 0 Å². The van der Waals surface area contributed by atoms with E-state index in [-0.39, 0.29) is 22.8 Å². The number of thiophene rings is 1. The number of guanidine groups is 1. The number of pyridine rings is 1. The highest BCUT2D eigenvalue weighted by atomic mass is 32.1. The fourth-order valence-electron chi connectivity index (χ4n) is 3.34. The van der Waals surface area contributed by atoms with E-state index in [0.29, 0.717) is 5.56 Å². The van der Waals surface area contributed by atoms with Gasteiger partial charge in [-0.1, -0.05) is 6.07 Å². The first-order valence-corrected chi connectivity index (χ1v) is 9.58. The van der Waals surface area contributed by atoms with E-state index in [1.165, 1.54) is 30.5 Å². The number of likely N-dealkylation sites (N-methyl/N-ethyl adjacent to an activating group) is 1. The number of alkyl halides is 3. The van der Waals surface area contributed by atoms with Crippen molar-refractivity contribution in [2.75, 3.05) is 7.05 Å². The second-order valence-electron chi connectivity index (χ2n) is 6.68. The predicted molar refractivity (Wildman–Crippen MR) is 104 cm³/mol. The molecule has 154 valence electrons. The summed E-state index contributed by atoms with van der Waals surface area (Å²) in [4.78, 5) is 22.5. The number of carbonyl (C=O) groups is 1. The van der Waals surface area contributed by atoms with E-state index in [4.69, 9.17) is 5.73 Å². The van der Waals surface area contributed by atoms with Crippen molar-refractivity contribution >= 4 is 23.2 Å². The minimum Gasteiger partial charge on any atom is -0.369 e. The highest BCUT2D eigenvalue weighted by Gasteiger charge is 2.51. The van der Waals surface area contributed by atoms with Gasteiger partial charge in [0.25, 0.3) is 5.91 Å². The van der Waals surface area contributed by atoms with Crippen LogP contribution >= 0.6 is 11.3 Å². The standard InChI is InChI=1S/C20H14F4N4OS/c1-28-17(29)19(27-18(28)25,16-9-13(4-6-26-16)20(22,23)24)12-2-3-15(21)14(8-12)11-5-7-30-10-11/h2-10H,1H3,(H2,25,27). The average molecular weight is 434 g/mol. The Balaban J connectivity index is 1.99. The zero-order valence-electron chi connectivity index (χ0n) is 15.4. The Morgan fingerprint density at radius 3 is 2.53 bits per heavy atom. The largest absolute Gasteiger partial charge is 0.416 e. The van der Waals surface area contributed by atoms with Gasteiger partial charge in [0.1, 0.15) is 5.82 Å². The number of nitrogens with two attached hydrogens (primary N) is 1. The molecule has 1 aromatic carbocycles. The Morgan fingerprint density at radius 2 is 1.93 bits per heavy atom. The normalized spacial score (nSPS) is 19.3. The fraction of sp³-hybridized carbons (Fsp3) is 0.150. The van der Waals surface area contributed by atoms with Gasteiger partial charge >= 0.3 is 6.18 Å². The van der Waals surface area contributed by atoms with Gasteiger partial charge in [-0.25, -0.2) is 9.38 Å². The maximum Gasteiger partial charge on any atom is 0.416 e. The van der Waals surface area contributed by atoms with Crippen molar-refractivity contribution in [2.24, 2.45) is 10.7 Å². The molecule has 1 unspecified atom stereocenters. The molecule has 1 aliphatic heterocycles. The summed E-state index contributed by atoms with van der Waals surface area (Å²) >= 11 is 1.36. The summed E-state index contributed by atoms with van der Waals surface area (Å²) in [6, 6.07) is 7.11. The molecule has 1 amide bonds. The first-order chi connectivity index (χ1) is 14.1. The van der Waals surface area contributed by atoms with Gasteiger partial charge in [-0.2, -0.15) is 24.5 Å². The van der Waals surface area contributed by atoms with Crippen molar-refractivity contribution in [3.8, 4) is 11.1 Å². The number of amides is 1. The number of hydrogen-bond acceptors (Lipinski definition) is 5. The number of halogens is 4. The summed E-state index contributed by atoms with van der Waals surface area (Å²) in [6.45, 7) is 0. The number of carbonyl (C=O) groups excluding carboxylic acids is 1. The maximum absolute atomic E-state index is 14.5. The van der Waals surface area contributed by atoms with Crippen molar-refractivity contribution in [3.05, 3.63) is 76.0 Å². The van der Waals surface area contributed by atoms with Gasteiger partial charge in [0.2, 0.25) is 5.54 Å². The molecule has 10 heteroatoms. The van der Waals surface area contributed by atoms with E-state index in [0.717, 1.165) is 29.3 Å². The van der Waals surface area contributed by atoms with Crippen LogP contribution in [0.2, 0.25) is 0 Å². The monoisotopic (exact) mass is 434 g/mol. The highest BCUT2D eigenvalue weighted by Crippen LogP contribution is 2.42. The lowest BCUT2D eigenvalue weighted by Crippen LogP contribution is -2.41. The molecule has 2 N–H and O–H groups in total. The fourth-order valence-corrected chi connectivity index (χ4v) is 3.99. The topological polar surface area (TPSA) is 71.6 Å². The lowest BCUT2D eigenvalue weighted by Gasteiger charge is -2.26. The summed E-state index contributed by atoms with van der Waals surface area (Å²) in [5.74, 6) is -1.41. The smallest absolute Gasteiger partial charge is 0.369 e. The van der Waals surface area contributed by atoms with Crippen molar-refractivity contribution in [3.63, 3.8) is 0 Å². The van der Waals surface area contributed by atoms with Gasteiger partial charge in [-0.3, -0.25) is 14.7 Å². The van der Waals surface area contributed by atoms with Gasteiger partial charge in [-0.15, -0.1) is 0 Å². The first-order valence-electron chi connectivity index (χ1n) is 8.64. The molecule has 1 aliphatic rings. The lowest BCUT2D eigenvalue weighted by molar-refractivity contribution is -0.138. The summed E-state index contributed by atoms with van der Waals surface area (Å²) in [6.07, 6.45) is -3.69. The van der Waals surface area contributed by atoms with Gasteiger partial charge in [-0.05, 0) is 52.2 Å². The molecule has 0 fully saturated rings. The number of hydrogen-bond donors (Lipinski definition) is 1. The summed E-state index contributed by atoms with van der Waals surface area (Å²) in [5, 5.41) is 3.48. The zero-order valence-corrected chi connectivity index (χ0v) is 16.3. The molecule has 0 spiro atoms. The van der Waals surface area contributed by atoms with Crippen LogP contribution in [-0.4, -0.2) is 28.8 Å². The Morgan fingerprint density at radius 1 is 1.17 bits per heavy atom. The molecule has 3 heterocycles. The molecule has 4 rings (SSSR count). The van der Waals surface area contributed by atoms with Crippen LogP contribution in [0, 0.1) is 5.82 Å². The van der Waals surface area contributed by atoms with Gasteiger partial charge in [0.15, 0.2) is 5.96 Å². The van der Waals surface area contributed by atoms with Gasteiger partial charge in [0.05, 0.1) is 11.3 Å². The molecule has 2 aromatic heterocycles. The van der Waals surface area contributed by atoms with Gasteiger partial charge < -0.3 is 5.73 Å². The molecule has 3 aromatic rings. The van der Waals surface area contributed by atoms with E-state index < -0.39 is 29.0 Å². The Kier molecular flexibility index (Phi) is 4.61. The lowest BCUT2D eigenvalue weighted by atomic mass is 9.84. The van der Waals surface area contributed by atoms with E-state index >= 15 is 0 Å². The third-order valence-electron chi connectivity index (χ3n) is 4.91. The van der Waals surface area contributed by atoms with E-state index in [1.54, 1.807) is 16.8 Å². The number of nitrogens with zero attached hydrogens (tertiary/aromatic N) is 3. The van der Waals surface area contributed by atoms with Crippen LogP contribution in [0.3, 0.4) is 0 Å². The summed E-state index contributed by atoms with van der Waals surface area (Å²) in [7, 11) is 1.36. The Labute approximate surface area is 172 Å². The molecule has 0 aliphatic carbocycles. The van der Waals surface area contributed by atoms with Crippen LogP contribution in [0.1, 0.15) is 16.8 Å².